The molecule has 1 aromatic carbocycles. The van der Waals surface area contributed by atoms with Crippen molar-refractivity contribution in [2.45, 2.75) is 31.7 Å². The number of fused-ring (bicyclic) bond motifs is 2. The van der Waals surface area contributed by atoms with Crippen LogP contribution in [0.4, 0.5) is 0 Å². The molecule has 1 heterocycles. The number of nitrogens with zero attached hydrogens (tertiary/aromatic N) is 1. The SMILES string of the molecule is O=C1CC2CC(N3C(=O)c4ccccc4C3=O)C[C@@H]2C1. The molecular weight excluding hydrogens is 254 g/mol. The Hall–Kier alpha value is -1.97. The molecule has 2 aliphatic carbocycles. The van der Waals surface area contributed by atoms with E-state index in [1.54, 1.807) is 24.3 Å². The monoisotopic (exact) mass is 269 g/mol. The number of carbonyl (C=O) groups excluding carboxylic acids is 3. The predicted molar refractivity (Wildman–Crippen MR) is 71.2 cm³/mol. The molecule has 0 N–H and O–H groups in total. The number of rotatable bonds is 1. The lowest BCUT2D eigenvalue weighted by Gasteiger charge is -2.22. The summed E-state index contributed by atoms with van der Waals surface area (Å²) in [5, 5.41) is 0. The minimum atomic E-state index is -0.165. The van der Waals surface area contributed by atoms with Gasteiger partial charge in [-0.05, 0) is 36.8 Å². The second-order valence-electron chi connectivity index (χ2n) is 6.12. The summed E-state index contributed by atoms with van der Waals surface area (Å²) in [6, 6.07) is 6.99. The highest BCUT2D eigenvalue weighted by atomic mass is 16.2. The molecule has 2 unspecified atom stereocenters. The first kappa shape index (κ1) is 11.8. The van der Waals surface area contributed by atoms with Crippen LogP contribution in [0, 0.1) is 11.8 Å². The van der Waals surface area contributed by atoms with Crippen molar-refractivity contribution >= 4 is 17.6 Å². The van der Waals surface area contributed by atoms with Crippen LogP contribution in [-0.2, 0) is 4.79 Å². The van der Waals surface area contributed by atoms with E-state index in [2.05, 4.69) is 0 Å². The summed E-state index contributed by atoms with van der Waals surface area (Å²) < 4.78 is 0. The average molecular weight is 269 g/mol. The van der Waals surface area contributed by atoms with Gasteiger partial charge in [-0.3, -0.25) is 19.3 Å². The van der Waals surface area contributed by atoms with Gasteiger partial charge in [0.1, 0.15) is 5.78 Å². The highest BCUT2D eigenvalue weighted by Crippen LogP contribution is 2.45. The number of ketones is 1. The summed E-state index contributed by atoms with van der Waals surface area (Å²) in [4.78, 5) is 37.7. The topological polar surface area (TPSA) is 54.5 Å². The molecule has 20 heavy (non-hydrogen) atoms. The zero-order valence-corrected chi connectivity index (χ0v) is 11.0. The summed E-state index contributed by atoms with van der Waals surface area (Å²) in [7, 11) is 0. The van der Waals surface area contributed by atoms with Crippen LogP contribution < -0.4 is 0 Å². The summed E-state index contributed by atoms with van der Waals surface area (Å²) in [5.74, 6) is 0.748. The van der Waals surface area contributed by atoms with Crippen LogP contribution >= 0.6 is 0 Å². The van der Waals surface area contributed by atoms with Crippen molar-refractivity contribution in [2.75, 3.05) is 0 Å². The molecule has 1 aromatic rings. The zero-order chi connectivity index (χ0) is 13.9. The zero-order valence-electron chi connectivity index (χ0n) is 11.0. The lowest BCUT2D eigenvalue weighted by molar-refractivity contribution is -0.117. The Morgan fingerprint density at radius 1 is 0.850 bits per heavy atom. The number of amides is 2. The van der Waals surface area contributed by atoms with Gasteiger partial charge in [0.25, 0.3) is 11.8 Å². The largest absolute Gasteiger partial charge is 0.300 e. The molecule has 3 aliphatic rings. The maximum atomic E-state index is 12.4. The lowest BCUT2D eigenvalue weighted by Crippen LogP contribution is -2.38. The average Bonchev–Trinajstić information content (AvgIpc) is 3.02. The summed E-state index contributed by atoms with van der Waals surface area (Å²) in [5.41, 5.74) is 1.04. The molecule has 1 aliphatic heterocycles. The third-order valence-electron chi connectivity index (χ3n) is 4.99. The Kier molecular flexibility index (Phi) is 2.37. The van der Waals surface area contributed by atoms with Crippen molar-refractivity contribution in [3.63, 3.8) is 0 Å². The Morgan fingerprint density at radius 2 is 1.35 bits per heavy atom. The second-order valence-corrected chi connectivity index (χ2v) is 6.12. The van der Waals surface area contributed by atoms with E-state index >= 15 is 0 Å². The van der Waals surface area contributed by atoms with E-state index in [-0.39, 0.29) is 17.9 Å². The molecule has 4 nitrogen and oxygen atoms in total. The molecule has 4 rings (SSSR count). The van der Waals surface area contributed by atoms with Crippen LogP contribution in [0.5, 0.6) is 0 Å². The van der Waals surface area contributed by atoms with Gasteiger partial charge in [0, 0.05) is 18.9 Å². The van der Waals surface area contributed by atoms with E-state index in [0.717, 1.165) is 12.8 Å². The van der Waals surface area contributed by atoms with Gasteiger partial charge in [0.2, 0.25) is 0 Å². The number of Topliss-reactive ketones (excluding diaryl/α,β-unsaturated/α-hetero) is 1. The summed E-state index contributed by atoms with van der Waals surface area (Å²) >= 11 is 0. The number of benzene rings is 1. The Morgan fingerprint density at radius 3 is 1.85 bits per heavy atom. The van der Waals surface area contributed by atoms with E-state index in [1.807, 2.05) is 0 Å². The first-order valence-corrected chi connectivity index (χ1v) is 7.14. The standard InChI is InChI=1S/C16H15NO3/c18-12-7-9-5-11(6-10(9)8-12)17-15(19)13-3-1-2-4-14(13)16(17)20/h1-4,9-11H,5-8H2/t9-,10?,11?/m1/s1. The molecule has 2 amide bonds. The van der Waals surface area contributed by atoms with Gasteiger partial charge in [-0.1, -0.05) is 12.1 Å². The van der Waals surface area contributed by atoms with E-state index in [9.17, 15) is 14.4 Å². The quantitative estimate of drug-likeness (QED) is 0.733. The van der Waals surface area contributed by atoms with Crippen LogP contribution in [-0.4, -0.2) is 28.5 Å². The maximum Gasteiger partial charge on any atom is 0.261 e. The number of hydrogen-bond donors (Lipinski definition) is 0. The number of carbonyl (C=O) groups is 3. The highest BCUT2D eigenvalue weighted by molar-refractivity contribution is 6.21. The van der Waals surface area contributed by atoms with Crippen molar-refractivity contribution in [3.8, 4) is 0 Å². The molecule has 2 saturated carbocycles. The van der Waals surface area contributed by atoms with Gasteiger partial charge >= 0.3 is 0 Å². The fourth-order valence-corrected chi connectivity index (χ4v) is 4.10. The Labute approximate surface area is 116 Å². The molecule has 4 heteroatoms. The first-order valence-electron chi connectivity index (χ1n) is 7.14. The number of imide groups is 1. The fraction of sp³-hybridized carbons (Fsp3) is 0.438. The molecule has 102 valence electrons. The Balaban J connectivity index is 1.61. The molecule has 0 saturated heterocycles. The van der Waals surface area contributed by atoms with Gasteiger partial charge in [-0.25, -0.2) is 0 Å². The number of hydrogen-bond acceptors (Lipinski definition) is 3. The van der Waals surface area contributed by atoms with Crippen LogP contribution in [0.2, 0.25) is 0 Å². The molecule has 0 spiro atoms. The molecule has 0 radical (unpaired) electrons. The molecule has 0 bridgehead atoms. The maximum absolute atomic E-state index is 12.4. The first-order chi connectivity index (χ1) is 9.65. The van der Waals surface area contributed by atoms with Gasteiger partial charge in [-0.15, -0.1) is 0 Å². The summed E-state index contributed by atoms with van der Waals surface area (Å²) in [6.45, 7) is 0. The highest BCUT2D eigenvalue weighted by Gasteiger charge is 2.48. The van der Waals surface area contributed by atoms with Crippen molar-refractivity contribution < 1.29 is 14.4 Å². The minimum absolute atomic E-state index is 0.0227. The van der Waals surface area contributed by atoms with Crippen molar-refractivity contribution in [1.29, 1.82) is 0 Å². The van der Waals surface area contributed by atoms with Gasteiger partial charge in [0.15, 0.2) is 0 Å². The van der Waals surface area contributed by atoms with Crippen LogP contribution in [0.15, 0.2) is 24.3 Å². The van der Waals surface area contributed by atoms with E-state index in [1.165, 1.54) is 4.90 Å². The van der Waals surface area contributed by atoms with Gasteiger partial charge in [-0.2, -0.15) is 0 Å². The third-order valence-corrected chi connectivity index (χ3v) is 4.99. The van der Waals surface area contributed by atoms with Crippen LogP contribution in [0.3, 0.4) is 0 Å². The normalized spacial score (nSPS) is 31.9. The van der Waals surface area contributed by atoms with E-state index in [4.69, 9.17) is 0 Å². The Bertz CT molecular complexity index is 585. The van der Waals surface area contributed by atoms with Crippen LogP contribution in [0.25, 0.3) is 0 Å². The predicted octanol–water partition coefficient (Wildman–Crippen LogP) is 2.04. The van der Waals surface area contributed by atoms with E-state index in [0.29, 0.717) is 41.6 Å². The van der Waals surface area contributed by atoms with Crippen molar-refractivity contribution in [1.82, 2.24) is 4.90 Å². The van der Waals surface area contributed by atoms with Crippen molar-refractivity contribution in [3.05, 3.63) is 35.4 Å². The van der Waals surface area contributed by atoms with Gasteiger partial charge in [0.05, 0.1) is 11.1 Å². The summed E-state index contributed by atoms with van der Waals surface area (Å²) in [6.07, 6.45) is 2.85. The van der Waals surface area contributed by atoms with Crippen LogP contribution in [0.1, 0.15) is 46.4 Å². The third kappa shape index (κ3) is 1.51. The van der Waals surface area contributed by atoms with Crippen molar-refractivity contribution in [2.24, 2.45) is 11.8 Å². The van der Waals surface area contributed by atoms with Gasteiger partial charge < -0.3 is 0 Å². The second kappa shape index (κ2) is 4.01. The molecule has 3 atom stereocenters. The molecule has 2 fully saturated rings. The van der Waals surface area contributed by atoms with E-state index < -0.39 is 0 Å². The smallest absolute Gasteiger partial charge is 0.261 e. The fourth-order valence-electron chi connectivity index (χ4n) is 4.10. The molecule has 0 aromatic heterocycles. The molecular formula is C16H15NO3. The minimum Gasteiger partial charge on any atom is -0.300 e. The lowest BCUT2D eigenvalue weighted by atomic mass is 10.0.